The number of ether oxygens (including phenoxy) is 4. The van der Waals surface area contributed by atoms with Crippen molar-refractivity contribution in [3.63, 3.8) is 0 Å². The number of carbonyl (C=O) groups is 5. The lowest BCUT2D eigenvalue weighted by Crippen LogP contribution is -2.44. The first-order chi connectivity index (χ1) is 16.6. The van der Waals surface area contributed by atoms with Crippen LogP contribution >= 0.6 is 0 Å². The Bertz CT molecular complexity index is 775. The molecule has 0 amide bonds. The molecule has 0 aliphatic carbocycles. The second kappa shape index (κ2) is 14.8. The third-order valence-electron chi connectivity index (χ3n) is 6.18. The van der Waals surface area contributed by atoms with E-state index in [1.807, 2.05) is 6.92 Å². The number of carboxylic acids is 1. The molecule has 36 heavy (non-hydrogen) atoms. The molecule has 0 aromatic heterocycles. The molecule has 3 atom stereocenters. The molecular formula is C26H44O10. The van der Waals surface area contributed by atoms with Crippen LogP contribution in [0.5, 0.6) is 0 Å². The summed E-state index contributed by atoms with van der Waals surface area (Å²) in [5, 5.41) is 9.68. The zero-order valence-electron chi connectivity index (χ0n) is 23.1. The minimum atomic E-state index is -1.39. The van der Waals surface area contributed by atoms with Crippen molar-refractivity contribution in [3.8, 4) is 0 Å². The maximum Gasteiger partial charge on any atom is 0.311 e. The highest BCUT2D eigenvalue weighted by Gasteiger charge is 2.49. The minimum absolute atomic E-state index is 0.0233. The van der Waals surface area contributed by atoms with E-state index in [-0.39, 0.29) is 32.3 Å². The van der Waals surface area contributed by atoms with Crippen LogP contribution in [-0.4, -0.2) is 61.4 Å². The zero-order chi connectivity index (χ0) is 28.2. The molecule has 0 aromatic carbocycles. The van der Waals surface area contributed by atoms with Crippen LogP contribution in [0, 0.1) is 16.2 Å². The van der Waals surface area contributed by atoms with Crippen LogP contribution in [0.3, 0.4) is 0 Å². The van der Waals surface area contributed by atoms with E-state index in [4.69, 9.17) is 18.9 Å². The van der Waals surface area contributed by atoms with Gasteiger partial charge in [-0.05, 0) is 59.8 Å². The van der Waals surface area contributed by atoms with Crippen molar-refractivity contribution in [2.45, 2.75) is 99.5 Å². The van der Waals surface area contributed by atoms with Gasteiger partial charge in [0.1, 0.15) is 13.2 Å². The smallest absolute Gasteiger partial charge is 0.311 e. The van der Waals surface area contributed by atoms with Gasteiger partial charge in [0.15, 0.2) is 6.10 Å². The number of methoxy groups -OCH3 is 1. The van der Waals surface area contributed by atoms with Crippen LogP contribution < -0.4 is 0 Å². The van der Waals surface area contributed by atoms with Gasteiger partial charge in [0.2, 0.25) is 0 Å². The van der Waals surface area contributed by atoms with Crippen molar-refractivity contribution in [1.29, 1.82) is 0 Å². The summed E-state index contributed by atoms with van der Waals surface area (Å²) in [5.74, 6) is -3.37. The van der Waals surface area contributed by atoms with Gasteiger partial charge >= 0.3 is 29.8 Å². The summed E-state index contributed by atoms with van der Waals surface area (Å²) in [6.45, 7) is 10.9. The van der Waals surface area contributed by atoms with Gasteiger partial charge in [-0.25, -0.2) is 0 Å². The van der Waals surface area contributed by atoms with Gasteiger partial charge in [0.25, 0.3) is 0 Å². The fourth-order valence-corrected chi connectivity index (χ4v) is 4.08. The quantitative estimate of drug-likeness (QED) is 0.222. The molecule has 0 spiro atoms. The third-order valence-corrected chi connectivity index (χ3v) is 6.18. The molecule has 0 bridgehead atoms. The van der Waals surface area contributed by atoms with Crippen molar-refractivity contribution in [2.75, 3.05) is 20.3 Å². The molecule has 1 N–H and O–H groups in total. The van der Waals surface area contributed by atoms with Crippen LogP contribution in [0.25, 0.3) is 0 Å². The molecule has 0 rings (SSSR count). The number of esters is 4. The van der Waals surface area contributed by atoms with E-state index in [9.17, 15) is 29.1 Å². The monoisotopic (exact) mass is 516 g/mol. The Balaban J connectivity index is 5.87. The Morgan fingerprint density at radius 1 is 0.750 bits per heavy atom. The fraction of sp³-hybridized carbons (Fsp3) is 0.808. The standard InChI is InChI=1S/C26H44O10/c1-9-12-19(27)34-14-18(36-20(28)13-10-2)15-35-23(32)26(7,16-24(4,5)21(29)30)17-25(6,11-3)22(31)33-8/h18H,9-17H2,1-8H3,(H,29,30). The summed E-state index contributed by atoms with van der Waals surface area (Å²) in [4.78, 5) is 61.6. The molecule has 0 saturated heterocycles. The summed E-state index contributed by atoms with van der Waals surface area (Å²) in [6, 6.07) is 0. The molecular weight excluding hydrogens is 472 g/mol. The number of hydrogen-bond donors (Lipinski definition) is 1. The summed E-state index contributed by atoms with van der Waals surface area (Å²) < 4.78 is 20.9. The highest BCUT2D eigenvalue weighted by atomic mass is 16.6. The Morgan fingerprint density at radius 2 is 1.28 bits per heavy atom. The minimum Gasteiger partial charge on any atom is -0.481 e. The van der Waals surface area contributed by atoms with E-state index in [1.165, 1.54) is 21.0 Å². The molecule has 3 unspecified atom stereocenters. The predicted octanol–water partition coefficient (Wildman–Crippen LogP) is 4.07. The summed E-state index contributed by atoms with van der Waals surface area (Å²) in [6.07, 6.45) is 0.655. The number of rotatable bonds is 17. The van der Waals surface area contributed by atoms with E-state index in [0.717, 1.165) is 0 Å². The summed E-state index contributed by atoms with van der Waals surface area (Å²) >= 11 is 0. The zero-order valence-corrected chi connectivity index (χ0v) is 23.1. The van der Waals surface area contributed by atoms with Gasteiger partial charge < -0.3 is 24.1 Å². The average Bonchev–Trinajstić information content (AvgIpc) is 2.79. The third kappa shape index (κ3) is 10.5. The second-order valence-electron chi connectivity index (χ2n) is 10.4. The van der Waals surface area contributed by atoms with E-state index >= 15 is 0 Å². The Hall–Kier alpha value is -2.65. The highest BCUT2D eigenvalue weighted by molar-refractivity contribution is 5.82. The first kappa shape index (κ1) is 33.4. The number of hydrogen-bond acceptors (Lipinski definition) is 9. The first-order valence-electron chi connectivity index (χ1n) is 12.4. The van der Waals surface area contributed by atoms with Crippen LogP contribution in [0.2, 0.25) is 0 Å². The number of aliphatic carboxylic acids is 1. The maximum absolute atomic E-state index is 13.4. The molecule has 10 heteroatoms. The van der Waals surface area contributed by atoms with Gasteiger partial charge in [-0.1, -0.05) is 20.8 Å². The predicted molar refractivity (Wildman–Crippen MR) is 131 cm³/mol. The largest absolute Gasteiger partial charge is 0.481 e. The normalized spacial score (nSPS) is 15.6. The molecule has 10 nitrogen and oxygen atoms in total. The molecule has 0 saturated carbocycles. The molecule has 0 radical (unpaired) electrons. The first-order valence-corrected chi connectivity index (χ1v) is 12.4. The molecule has 0 fully saturated rings. The van der Waals surface area contributed by atoms with Crippen LogP contribution in [-0.2, 0) is 42.9 Å². The van der Waals surface area contributed by atoms with Crippen molar-refractivity contribution < 1.29 is 48.0 Å². The van der Waals surface area contributed by atoms with E-state index in [0.29, 0.717) is 19.3 Å². The summed E-state index contributed by atoms with van der Waals surface area (Å²) in [5.41, 5.74) is -3.77. The lowest BCUT2D eigenvalue weighted by atomic mass is 9.65. The highest BCUT2D eigenvalue weighted by Crippen LogP contribution is 2.45. The molecule has 0 aliphatic heterocycles. The SMILES string of the molecule is CCCC(=O)OCC(COC(=O)C(C)(CC(C)(C)C(=O)O)CC(C)(CC)C(=O)OC)OC(=O)CCC. The van der Waals surface area contributed by atoms with Gasteiger partial charge in [-0.2, -0.15) is 0 Å². The molecule has 0 heterocycles. The van der Waals surface area contributed by atoms with E-state index in [2.05, 4.69) is 0 Å². The maximum atomic E-state index is 13.4. The second-order valence-corrected chi connectivity index (χ2v) is 10.4. The van der Waals surface area contributed by atoms with Crippen molar-refractivity contribution in [2.24, 2.45) is 16.2 Å². The summed E-state index contributed by atoms with van der Waals surface area (Å²) in [7, 11) is 1.25. The number of carboxylic acid groups (broad SMARTS) is 1. The fourth-order valence-electron chi connectivity index (χ4n) is 4.08. The van der Waals surface area contributed by atoms with Gasteiger partial charge in [-0.3, -0.25) is 24.0 Å². The Labute approximate surface area is 214 Å². The van der Waals surface area contributed by atoms with E-state index in [1.54, 1.807) is 27.7 Å². The van der Waals surface area contributed by atoms with Crippen LogP contribution in [0.1, 0.15) is 93.4 Å². The lowest BCUT2D eigenvalue weighted by Gasteiger charge is -2.39. The van der Waals surface area contributed by atoms with Crippen molar-refractivity contribution >= 4 is 29.8 Å². The van der Waals surface area contributed by atoms with Crippen LogP contribution in [0.4, 0.5) is 0 Å². The average molecular weight is 517 g/mol. The van der Waals surface area contributed by atoms with Gasteiger partial charge in [0, 0.05) is 12.8 Å². The molecule has 208 valence electrons. The van der Waals surface area contributed by atoms with Crippen molar-refractivity contribution in [3.05, 3.63) is 0 Å². The topological polar surface area (TPSA) is 142 Å². The molecule has 0 aromatic rings. The van der Waals surface area contributed by atoms with Gasteiger partial charge in [0.05, 0.1) is 23.4 Å². The van der Waals surface area contributed by atoms with E-state index < -0.39 is 58.8 Å². The molecule has 0 aliphatic rings. The van der Waals surface area contributed by atoms with Crippen molar-refractivity contribution in [1.82, 2.24) is 0 Å². The Morgan fingerprint density at radius 3 is 1.75 bits per heavy atom. The van der Waals surface area contributed by atoms with Gasteiger partial charge in [-0.15, -0.1) is 0 Å². The number of carbonyl (C=O) groups excluding carboxylic acids is 4. The van der Waals surface area contributed by atoms with Crippen LogP contribution in [0.15, 0.2) is 0 Å². The Kier molecular flexibility index (Phi) is 13.7. The lowest BCUT2D eigenvalue weighted by molar-refractivity contribution is -0.175.